The molecule has 2 N–H and O–H groups in total. The summed E-state index contributed by atoms with van der Waals surface area (Å²) >= 11 is 0. The molecule has 1 amide bonds. The first kappa shape index (κ1) is 16.5. The summed E-state index contributed by atoms with van der Waals surface area (Å²) in [6.45, 7) is 9.09. The van der Waals surface area contributed by atoms with Crippen LogP contribution in [-0.4, -0.2) is 70.1 Å². The van der Waals surface area contributed by atoms with Crippen molar-refractivity contribution in [2.45, 2.75) is 70.4 Å². The van der Waals surface area contributed by atoms with Crippen LogP contribution in [0.25, 0.3) is 0 Å². The van der Waals surface area contributed by atoms with E-state index in [0.29, 0.717) is 0 Å². The van der Waals surface area contributed by atoms with E-state index in [1.54, 1.807) is 34.6 Å². The van der Waals surface area contributed by atoms with Gasteiger partial charge in [0.1, 0.15) is 17.8 Å². The van der Waals surface area contributed by atoms with Gasteiger partial charge in [-0.25, -0.2) is 4.79 Å². The molecule has 2 rings (SSSR count). The van der Waals surface area contributed by atoms with Gasteiger partial charge < -0.3 is 24.4 Å². The second-order valence-corrected chi connectivity index (χ2v) is 7.05. The molecule has 2 fully saturated rings. The van der Waals surface area contributed by atoms with Crippen LogP contribution in [-0.2, 0) is 14.2 Å². The second kappa shape index (κ2) is 5.39. The molecule has 2 saturated heterocycles. The topological polar surface area (TPSA) is 88.5 Å². The van der Waals surface area contributed by atoms with E-state index in [2.05, 4.69) is 0 Å². The number of β-amino-alcohol motifs (C(OH)–C–C–N with tert-alkyl or cyclic N) is 1. The molecule has 0 saturated carbocycles. The van der Waals surface area contributed by atoms with Crippen LogP contribution < -0.4 is 0 Å². The number of aliphatic hydroxyl groups excluding tert-OH is 2. The SMILES string of the molecule is CC(C)(C)OC(=O)N1C[C@H](O)[C@H](O)[C@H]1[C@H]1COC(C)(C)O1. The maximum absolute atomic E-state index is 12.3. The van der Waals surface area contributed by atoms with E-state index < -0.39 is 41.8 Å². The lowest BCUT2D eigenvalue weighted by molar-refractivity contribution is -0.149. The number of likely N-dealkylation sites (tertiary alicyclic amines) is 1. The minimum Gasteiger partial charge on any atom is -0.444 e. The molecule has 2 aliphatic heterocycles. The summed E-state index contributed by atoms with van der Waals surface area (Å²) in [6, 6.07) is -0.684. The summed E-state index contributed by atoms with van der Waals surface area (Å²) in [7, 11) is 0. The van der Waals surface area contributed by atoms with E-state index in [0.717, 1.165) is 0 Å². The van der Waals surface area contributed by atoms with E-state index in [1.165, 1.54) is 4.90 Å². The number of carbonyl (C=O) groups excluding carboxylic acids is 1. The van der Waals surface area contributed by atoms with Crippen molar-refractivity contribution < 1.29 is 29.2 Å². The minimum atomic E-state index is -1.08. The van der Waals surface area contributed by atoms with Gasteiger partial charge in [0.05, 0.1) is 25.3 Å². The molecule has 2 aliphatic rings. The maximum Gasteiger partial charge on any atom is 0.410 e. The molecule has 0 aromatic rings. The van der Waals surface area contributed by atoms with Crippen LogP contribution in [0.15, 0.2) is 0 Å². The first-order valence-corrected chi connectivity index (χ1v) is 7.18. The zero-order valence-corrected chi connectivity index (χ0v) is 13.2. The number of carbonyl (C=O) groups is 1. The van der Waals surface area contributed by atoms with Crippen molar-refractivity contribution in [2.24, 2.45) is 0 Å². The van der Waals surface area contributed by atoms with Crippen molar-refractivity contribution in [2.75, 3.05) is 13.2 Å². The molecule has 0 aromatic heterocycles. The number of nitrogens with zero attached hydrogens (tertiary/aromatic N) is 1. The Labute approximate surface area is 124 Å². The normalized spacial score (nSPS) is 36.0. The lowest BCUT2D eigenvalue weighted by Gasteiger charge is -2.32. The quantitative estimate of drug-likeness (QED) is 0.732. The molecule has 0 radical (unpaired) electrons. The number of amides is 1. The van der Waals surface area contributed by atoms with Crippen LogP contribution in [0.2, 0.25) is 0 Å². The highest BCUT2D eigenvalue weighted by Crippen LogP contribution is 2.32. The highest BCUT2D eigenvalue weighted by molar-refractivity contribution is 5.69. The van der Waals surface area contributed by atoms with Gasteiger partial charge in [0, 0.05) is 0 Å². The van der Waals surface area contributed by atoms with E-state index in [1.807, 2.05) is 0 Å². The monoisotopic (exact) mass is 303 g/mol. The molecule has 21 heavy (non-hydrogen) atoms. The molecule has 0 aliphatic carbocycles. The van der Waals surface area contributed by atoms with E-state index in [-0.39, 0.29) is 13.2 Å². The predicted molar refractivity (Wildman–Crippen MR) is 73.6 cm³/mol. The molecule has 7 nitrogen and oxygen atoms in total. The van der Waals surface area contributed by atoms with Crippen LogP contribution in [0, 0.1) is 0 Å². The lowest BCUT2D eigenvalue weighted by Crippen LogP contribution is -2.50. The first-order chi connectivity index (χ1) is 9.50. The molecule has 122 valence electrons. The van der Waals surface area contributed by atoms with Crippen molar-refractivity contribution in [1.29, 1.82) is 0 Å². The fraction of sp³-hybridized carbons (Fsp3) is 0.929. The third-order valence-electron chi connectivity index (χ3n) is 3.53. The summed E-state index contributed by atoms with van der Waals surface area (Å²) in [5.74, 6) is -0.766. The maximum atomic E-state index is 12.3. The summed E-state index contributed by atoms with van der Waals surface area (Å²) in [5, 5.41) is 20.1. The van der Waals surface area contributed by atoms with Crippen LogP contribution in [0.1, 0.15) is 34.6 Å². The summed E-state index contributed by atoms with van der Waals surface area (Å²) in [6.07, 6.45) is -3.18. The van der Waals surface area contributed by atoms with Crippen LogP contribution >= 0.6 is 0 Å². The van der Waals surface area contributed by atoms with Crippen LogP contribution in [0.4, 0.5) is 4.79 Å². The highest BCUT2D eigenvalue weighted by atomic mass is 16.7. The molecule has 0 bridgehead atoms. The van der Waals surface area contributed by atoms with Gasteiger partial charge in [-0.3, -0.25) is 4.90 Å². The smallest absolute Gasteiger partial charge is 0.410 e. The average Bonchev–Trinajstić information content (AvgIpc) is 2.78. The van der Waals surface area contributed by atoms with Gasteiger partial charge in [-0.1, -0.05) is 0 Å². The van der Waals surface area contributed by atoms with Gasteiger partial charge in [-0.05, 0) is 34.6 Å². The molecule has 4 atom stereocenters. The number of aliphatic hydroxyl groups is 2. The highest BCUT2D eigenvalue weighted by Gasteiger charge is 2.51. The average molecular weight is 303 g/mol. The fourth-order valence-corrected chi connectivity index (χ4v) is 2.66. The Hall–Kier alpha value is -0.890. The number of ether oxygens (including phenoxy) is 3. The van der Waals surface area contributed by atoms with Crippen molar-refractivity contribution in [1.82, 2.24) is 4.90 Å². The number of hydrogen-bond donors (Lipinski definition) is 2. The third-order valence-corrected chi connectivity index (χ3v) is 3.53. The van der Waals surface area contributed by atoms with Crippen molar-refractivity contribution >= 4 is 6.09 Å². The lowest BCUT2D eigenvalue weighted by atomic mass is 10.1. The van der Waals surface area contributed by atoms with Gasteiger partial charge in [-0.2, -0.15) is 0 Å². The standard InChI is InChI=1S/C14H25NO6/c1-13(2,3)21-12(18)15-6-8(16)11(17)10(15)9-7-19-14(4,5)20-9/h8-11,16-17H,6-7H2,1-5H3/t8-,9+,10+,11-/m0/s1. The molecule has 2 heterocycles. The van der Waals surface area contributed by atoms with E-state index in [4.69, 9.17) is 14.2 Å². The minimum absolute atomic E-state index is 0.0149. The Morgan fingerprint density at radius 3 is 2.43 bits per heavy atom. The third kappa shape index (κ3) is 3.66. The van der Waals surface area contributed by atoms with Crippen molar-refractivity contribution in [3.8, 4) is 0 Å². The molecular formula is C14H25NO6. The zero-order valence-electron chi connectivity index (χ0n) is 13.2. The molecule has 7 heteroatoms. The van der Waals surface area contributed by atoms with Gasteiger partial charge in [0.15, 0.2) is 5.79 Å². The first-order valence-electron chi connectivity index (χ1n) is 7.18. The molecule has 0 spiro atoms. The molecule has 0 unspecified atom stereocenters. The Morgan fingerprint density at radius 2 is 1.95 bits per heavy atom. The Kier molecular flexibility index (Phi) is 4.23. The van der Waals surface area contributed by atoms with Gasteiger partial charge in [-0.15, -0.1) is 0 Å². The fourth-order valence-electron chi connectivity index (χ4n) is 2.66. The van der Waals surface area contributed by atoms with Gasteiger partial charge >= 0.3 is 6.09 Å². The van der Waals surface area contributed by atoms with Gasteiger partial charge in [0.25, 0.3) is 0 Å². The largest absolute Gasteiger partial charge is 0.444 e. The van der Waals surface area contributed by atoms with Crippen molar-refractivity contribution in [3.63, 3.8) is 0 Å². The van der Waals surface area contributed by atoms with Gasteiger partial charge in [0.2, 0.25) is 0 Å². The second-order valence-electron chi connectivity index (χ2n) is 7.05. The molecular weight excluding hydrogens is 278 g/mol. The van der Waals surface area contributed by atoms with E-state index in [9.17, 15) is 15.0 Å². The van der Waals surface area contributed by atoms with E-state index >= 15 is 0 Å². The summed E-state index contributed by atoms with van der Waals surface area (Å²) in [5.41, 5.74) is -0.646. The van der Waals surface area contributed by atoms with Crippen LogP contribution in [0.3, 0.4) is 0 Å². The number of hydrogen-bond acceptors (Lipinski definition) is 6. The Bertz CT molecular complexity index is 405. The molecule has 0 aromatic carbocycles. The number of rotatable bonds is 1. The van der Waals surface area contributed by atoms with Crippen molar-refractivity contribution in [3.05, 3.63) is 0 Å². The summed E-state index contributed by atoms with van der Waals surface area (Å²) < 4.78 is 16.5. The predicted octanol–water partition coefficient (Wildman–Crippen LogP) is 0.479. The summed E-state index contributed by atoms with van der Waals surface area (Å²) in [4.78, 5) is 13.6. The Balaban J connectivity index is 2.14. The van der Waals surface area contributed by atoms with Crippen LogP contribution in [0.5, 0.6) is 0 Å². The Morgan fingerprint density at radius 1 is 1.33 bits per heavy atom. The zero-order chi connectivity index (χ0) is 16.0.